The van der Waals surface area contributed by atoms with Crippen LogP contribution in [0, 0.1) is 10.1 Å². The quantitative estimate of drug-likeness (QED) is 0.625. The third kappa shape index (κ3) is 3.92. The van der Waals surface area contributed by atoms with E-state index in [0.29, 0.717) is 18.8 Å². The third-order valence-corrected chi connectivity index (χ3v) is 2.93. The minimum Gasteiger partial charge on any atom is -0.487 e. The van der Waals surface area contributed by atoms with Gasteiger partial charge in [-0.2, -0.15) is 0 Å². The second-order valence-corrected chi connectivity index (χ2v) is 4.38. The van der Waals surface area contributed by atoms with Crippen molar-refractivity contribution in [1.29, 1.82) is 0 Å². The van der Waals surface area contributed by atoms with E-state index >= 15 is 0 Å². The number of ether oxygens (including phenoxy) is 1. The number of aromatic nitrogens is 1. The maximum absolute atomic E-state index is 11.2. The van der Waals surface area contributed by atoms with Gasteiger partial charge in [0.1, 0.15) is 5.69 Å². The lowest BCUT2D eigenvalue weighted by Gasteiger charge is -2.10. The summed E-state index contributed by atoms with van der Waals surface area (Å²) in [4.78, 5) is 14.8. The van der Waals surface area contributed by atoms with Gasteiger partial charge in [-0.1, -0.05) is 12.1 Å². The van der Waals surface area contributed by atoms with Crippen molar-refractivity contribution in [3.8, 4) is 5.75 Å². The molecule has 110 valence electrons. The molecule has 0 aliphatic rings. The molecule has 0 spiro atoms. The fourth-order valence-electron chi connectivity index (χ4n) is 2.01. The number of hydrogen-bond donors (Lipinski definition) is 1. The lowest BCUT2D eigenvalue weighted by atomic mass is 10.2. The highest BCUT2D eigenvalue weighted by Crippen LogP contribution is 2.34. The molecule has 0 unspecified atom stereocenters. The highest BCUT2D eigenvalue weighted by atomic mass is 16.6. The average molecular weight is 287 g/mol. The van der Waals surface area contributed by atoms with Crippen molar-refractivity contribution in [2.45, 2.75) is 13.3 Å². The summed E-state index contributed by atoms with van der Waals surface area (Å²) in [6.45, 7) is 2.77. The Morgan fingerprint density at radius 1 is 1.33 bits per heavy atom. The topological polar surface area (TPSA) is 77.3 Å². The molecular weight excluding hydrogens is 270 g/mol. The van der Waals surface area contributed by atoms with Gasteiger partial charge in [-0.3, -0.25) is 15.1 Å². The Balaban J connectivity index is 2.08. The first-order chi connectivity index (χ1) is 10.2. The van der Waals surface area contributed by atoms with E-state index in [0.717, 1.165) is 12.0 Å². The summed E-state index contributed by atoms with van der Waals surface area (Å²) >= 11 is 0. The minimum absolute atomic E-state index is 0.0227. The fourth-order valence-corrected chi connectivity index (χ4v) is 2.01. The monoisotopic (exact) mass is 287 g/mol. The molecule has 0 bridgehead atoms. The van der Waals surface area contributed by atoms with Crippen molar-refractivity contribution < 1.29 is 9.66 Å². The van der Waals surface area contributed by atoms with Crippen LogP contribution in [0.25, 0.3) is 0 Å². The summed E-state index contributed by atoms with van der Waals surface area (Å²) in [5.41, 5.74) is 1.52. The Hall–Kier alpha value is -2.63. The lowest BCUT2D eigenvalue weighted by Crippen LogP contribution is -2.08. The molecule has 1 N–H and O–H groups in total. The van der Waals surface area contributed by atoms with Gasteiger partial charge in [0.25, 0.3) is 0 Å². The van der Waals surface area contributed by atoms with Crippen LogP contribution in [0.4, 0.5) is 11.4 Å². The first kappa shape index (κ1) is 14.8. The predicted octanol–water partition coefficient (Wildman–Crippen LogP) is 3.04. The number of nitrogens with one attached hydrogen (secondary N) is 1. The van der Waals surface area contributed by atoms with Crippen molar-refractivity contribution in [1.82, 2.24) is 4.98 Å². The van der Waals surface area contributed by atoms with Crippen LogP contribution in [-0.4, -0.2) is 23.1 Å². The smallest absolute Gasteiger partial charge is 0.333 e. The molecule has 0 fully saturated rings. The number of nitrogens with zero attached hydrogens (tertiary/aromatic N) is 2. The fraction of sp³-hybridized carbons (Fsp3) is 0.267. The predicted molar refractivity (Wildman–Crippen MR) is 80.7 cm³/mol. The van der Waals surface area contributed by atoms with E-state index in [1.807, 2.05) is 12.1 Å². The minimum atomic E-state index is -0.419. The van der Waals surface area contributed by atoms with E-state index in [1.165, 1.54) is 0 Å². The molecule has 1 aromatic heterocycles. The first-order valence-electron chi connectivity index (χ1n) is 6.75. The van der Waals surface area contributed by atoms with Gasteiger partial charge in [-0.05, 0) is 37.1 Å². The number of para-hydroxylation sites is 1. The van der Waals surface area contributed by atoms with E-state index in [-0.39, 0.29) is 11.4 Å². The zero-order valence-electron chi connectivity index (χ0n) is 11.8. The molecule has 0 aliphatic carbocycles. The normalized spacial score (nSPS) is 10.1. The van der Waals surface area contributed by atoms with Crippen molar-refractivity contribution >= 4 is 11.4 Å². The maximum Gasteiger partial charge on any atom is 0.333 e. The number of nitro groups is 1. The summed E-state index contributed by atoms with van der Waals surface area (Å²) in [5, 5.41) is 14.3. The van der Waals surface area contributed by atoms with Crippen LogP contribution in [-0.2, 0) is 6.42 Å². The molecule has 0 atom stereocenters. The first-order valence-corrected chi connectivity index (χ1v) is 6.75. The molecule has 2 aromatic rings. The van der Waals surface area contributed by atoms with Gasteiger partial charge in [-0.15, -0.1) is 0 Å². The molecule has 0 amide bonds. The summed E-state index contributed by atoms with van der Waals surface area (Å²) in [6, 6.07) is 8.87. The molecule has 0 saturated heterocycles. The molecule has 6 heteroatoms. The maximum atomic E-state index is 11.2. The Bertz CT molecular complexity index is 602. The highest BCUT2D eigenvalue weighted by molar-refractivity contribution is 5.68. The molecule has 0 radical (unpaired) electrons. The van der Waals surface area contributed by atoms with E-state index in [2.05, 4.69) is 10.3 Å². The van der Waals surface area contributed by atoms with Gasteiger partial charge in [0.15, 0.2) is 5.75 Å². The van der Waals surface area contributed by atoms with Crippen LogP contribution < -0.4 is 10.1 Å². The molecular formula is C15H17N3O3. The van der Waals surface area contributed by atoms with E-state index in [4.69, 9.17) is 4.74 Å². The summed E-state index contributed by atoms with van der Waals surface area (Å²) in [7, 11) is 0. The lowest BCUT2D eigenvalue weighted by molar-refractivity contribution is -0.384. The van der Waals surface area contributed by atoms with E-state index < -0.39 is 4.92 Å². The largest absolute Gasteiger partial charge is 0.487 e. The Kier molecular flexibility index (Phi) is 5.09. The summed E-state index contributed by atoms with van der Waals surface area (Å²) in [6.07, 6.45) is 4.24. The van der Waals surface area contributed by atoms with Crippen LogP contribution in [0.1, 0.15) is 12.5 Å². The molecule has 1 aromatic carbocycles. The van der Waals surface area contributed by atoms with Gasteiger partial charge in [-0.25, -0.2) is 0 Å². The highest BCUT2D eigenvalue weighted by Gasteiger charge is 2.20. The Labute approximate surface area is 122 Å². The van der Waals surface area contributed by atoms with Crippen molar-refractivity contribution in [2.24, 2.45) is 0 Å². The van der Waals surface area contributed by atoms with Gasteiger partial charge < -0.3 is 10.1 Å². The zero-order valence-corrected chi connectivity index (χ0v) is 11.8. The van der Waals surface area contributed by atoms with Crippen LogP contribution in [0.5, 0.6) is 5.75 Å². The van der Waals surface area contributed by atoms with Crippen LogP contribution >= 0.6 is 0 Å². The van der Waals surface area contributed by atoms with Gasteiger partial charge in [0.2, 0.25) is 0 Å². The van der Waals surface area contributed by atoms with Crippen LogP contribution in [0.3, 0.4) is 0 Å². The third-order valence-electron chi connectivity index (χ3n) is 2.93. The second-order valence-electron chi connectivity index (χ2n) is 4.38. The number of anilines is 1. The van der Waals surface area contributed by atoms with Gasteiger partial charge in [0.05, 0.1) is 11.5 Å². The standard InChI is InChI=1S/C15H17N3O3/c1-2-21-14-7-3-6-13(15(14)18(19)20)17-10-8-12-5-4-9-16-11-12/h3-7,9,11,17H,2,8,10H2,1H3. The average Bonchev–Trinajstić information content (AvgIpc) is 2.48. The number of nitro benzene ring substituents is 1. The van der Waals surface area contributed by atoms with Crippen molar-refractivity contribution in [3.63, 3.8) is 0 Å². The van der Waals surface area contributed by atoms with E-state index in [9.17, 15) is 10.1 Å². The second kappa shape index (κ2) is 7.23. The number of rotatable bonds is 7. The van der Waals surface area contributed by atoms with Gasteiger partial charge in [0, 0.05) is 18.9 Å². The van der Waals surface area contributed by atoms with Gasteiger partial charge >= 0.3 is 5.69 Å². The molecule has 0 saturated carbocycles. The molecule has 1 heterocycles. The van der Waals surface area contributed by atoms with Crippen LogP contribution in [0.2, 0.25) is 0 Å². The molecule has 6 nitrogen and oxygen atoms in total. The number of pyridine rings is 1. The number of hydrogen-bond acceptors (Lipinski definition) is 5. The summed E-state index contributed by atoms with van der Waals surface area (Å²) < 4.78 is 5.31. The van der Waals surface area contributed by atoms with E-state index in [1.54, 1.807) is 37.5 Å². The molecule has 0 aliphatic heterocycles. The SMILES string of the molecule is CCOc1cccc(NCCc2cccnc2)c1[N+](=O)[O-]. The Morgan fingerprint density at radius 3 is 2.86 bits per heavy atom. The Morgan fingerprint density at radius 2 is 2.19 bits per heavy atom. The zero-order chi connectivity index (χ0) is 15.1. The molecule has 21 heavy (non-hydrogen) atoms. The molecule has 2 rings (SSSR count). The summed E-state index contributed by atoms with van der Waals surface area (Å²) in [5.74, 6) is 0.286. The van der Waals surface area contributed by atoms with Crippen molar-refractivity contribution in [2.75, 3.05) is 18.5 Å². The van der Waals surface area contributed by atoms with Crippen molar-refractivity contribution in [3.05, 3.63) is 58.4 Å². The number of benzene rings is 1. The van der Waals surface area contributed by atoms with Crippen LogP contribution in [0.15, 0.2) is 42.7 Å².